The number of rotatable bonds is 6. The largest absolute Gasteiger partial charge is 0.436 e. The Morgan fingerprint density at radius 3 is 2.74 bits per heavy atom. The Balaban J connectivity index is 1.39. The van der Waals surface area contributed by atoms with Crippen molar-refractivity contribution in [3.8, 4) is 11.6 Å². The van der Waals surface area contributed by atoms with Crippen LogP contribution in [0.3, 0.4) is 0 Å². The van der Waals surface area contributed by atoms with Crippen molar-refractivity contribution in [2.45, 2.75) is 31.2 Å². The molecule has 2 N–H and O–H groups in total. The third-order valence-corrected chi connectivity index (χ3v) is 6.04. The van der Waals surface area contributed by atoms with E-state index in [1.165, 1.54) is 36.7 Å². The van der Waals surface area contributed by atoms with Gasteiger partial charge in [-0.25, -0.2) is 23.1 Å². The van der Waals surface area contributed by atoms with Crippen molar-refractivity contribution in [1.82, 2.24) is 19.9 Å². The Bertz CT molecular complexity index is 1250. The molecule has 0 aliphatic carbocycles. The van der Waals surface area contributed by atoms with Gasteiger partial charge in [0.25, 0.3) is 5.92 Å². The fourth-order valence-electron chi connectivity index (χ4n) is 3.77. The third-order valence-electron chi connectivity index (χ3n) is 5.77. The molecule has 0 aromatic carbocycles. The summed E-state index contributed by atoms with van der Waals surface area (Å²) >= 11 is 5.89. The number of nitrogens with zero attached hydrogens (tertiary/aromatic N) is 3. The van der Waals surface area contributed by atoms with E-state index in [1.807, 2.05) is 0 Å². The van der Waals surface area contributed by atoms with Gasteiger partial charge < -0.3 is 15.0 Å². The van der Waals surface area contributed by atoms with Crippen LogP contribution in [0, 0.1) is 5.82 Å². The molecule has 0 spiro atoms. The number of anilines is 1. The smallest absolute Gasteiger partial charge is 0.257 e. The highest BCUT2D eigenvalue weighted by Crippen LogP contribution is 2.40. The Hall–Kier alpha value is -3.44. The highest BCUT2D eigenvalue weighted by molar-refractivity contribution is 6.31. The van der Waals surface area contributed by atoms with Crippen LogP contribution in [0.4, 0.5) is 19.0 Å². The monoisotopic (exact) mass is 507 g/mol. The Morgan fingerprint density at radius 1 is 1.29 bits per heavy atom. The van der Waals surface area contributed by atoms with Crippen molar-refractivity contribution in [1.29, 1.82) is 0 Å². The van der Waals surface area contributed by atoms with Gasteiger partial charge in [-0.2, -0.15) is 0 Å². The maximum atomic E-state index is 14.6. The van der Waals surface area contributed by atoms with Crippen LogP contribution in [0.25, 0.3) is 0 Å². The van der Waals surface area contributed by atoms with E-state index in [1.54, 1.807) is 11.8 Å². The van der Waals surface area contributed by atoms with E-state index in [4.69, 9.17) is 16.3 Å². The molecule has 12 heteroatoms. The van der Waals surface area contributed by atoms with Crippen molar-refractivity contribution in [2.24, 2.45) is 0 Å². The second-order valence-electron chi connectivity index (χ2n) is 8.13. The minimum Gasteiger partial charge on any atom is -0.436 e. The van der Waals surface area contributed by atoms with Crippen molar-refractivity contribution >= 4 is 23.3 Å². The van der Waals surface area contributed by atoms with Gasteiger partial charge in [-0.05, 0) is 30.7 Å². The normalized spacial score (nSPS) is 18.6. The molecule has 184 valence electrons. The van der Waals surface area contributed by atoms with Crippen LogP contribution >= 0.6 is 11.6 Å². The Morgan fingerprint density at radius 2 is 2.09 bits per heavy atom. The summed E-state index contributed by atoms with van der Waals surface area (Å²) < 4.78 is 47.8. The molecule has 3 aromatic heterocycles. The molecule has 0 saturated carbocycles. The molecule has 8 nitrogen and oxygen atoms in total. The zero-order chi connectivity index (χ0) is 25.2. The zero-order valence-electron chi connectivity index (χ0n) is 18.5. The zero-order valence-corrected chi connectivity index (χ0v) is 19.2. The number of alkyl halides is 2. The fraction of sp³-hybridized carbons (Fsp3) is 0.304. The van der Waals surface area contributed by atoms with E-state index in [-0.39, 0.29) is 41.1 Å². The number of nitrogens with one attached hydrogen (secondary N) is 2. The highest BCUT2D eigenvalue weighted by atomic mass is 35.5. The minimum atomic E-state index is -2.97. The second-order valence-corrected chi connectivity index (χ2v) is 8.54. The molecule has 35 heavy (non-hydrogen) atoms. The average Bonchev–Trinajstić information content (AvgIpc) is 2.82. The maximum absolute atomic E-state index is 14.6. The number of ether oxygens (including phenoxy) is 1. The lowest BCUT2D eigenvalue weighted by atomic mass is 9.87. The number of carbonyl (C=O) groups is 1. The van der Waals surface area contributed by atoms with Gasteiger partial charge in [-0.3, -0.25) is 14.5 Å². The van der Waals surface area contributed by atoms with Gasteiger partial charge in [0.15, 0.2) is 0 Å². The molecular weight excluding hydrogens is 487 g/mol. The Kier molecular flexibility index (Phi) is 7.08. The number of hydrogen-bond donors (Lipinski definition) is 2. The number of aromatic nitrogens is 3. The first-order valence-corrected chi connectivity index (χ1v) is 11.1. The first kappa shape index (κ1) is 24.7. The predicted octanol–water partition coefficient (Wildman–Crippen LogP) is 4.20. The maximum Gasteiger partial charge on any atom is 0.257 e. The molecule has 4 rings (SSSR count). The van der Waals surface area contributed by atoms with Crippen LogP contribution in [0.2, 0.25) is 5.02 Å². The summed E-state index contributed by atoms with van der Waals surface area (Å²) in [5, 5.41) is 2.65. The van der Waals surface area contributed by atoms with Gasteiger partial charge in [0.1, 0.15) is 22.4 Å². The standard InChI is InChI=1S/C23H21ClF3N5O3/c1-13(32-7-6-23(26,27)17(12-32)14-2-5-20(33)29-9-14)21(34)31-19-4-3-16(11-28-19)35-22-18(24)8-15(25)10-30-22/h2-5,8-11,13,17H,6-7,12H2,1H3,(H,29,33)(H,28,31,34). The number of likely N-dealkylation sites (tertiary alicyclic amines) is 1. The number of halogens is 4. The molecule has 1 fully saturated rings. The molecule has 1 aliphatic rings. The molecular formula is C23H21ClF3N5O3. The minimum absolute atomic E-state index is 0.000722. The van der Waals surface area contributed by atoms with E-state index in [9.17, 15) is 22.8 Å². The molecule has 3 aromatic rings. The van der Waals surface area contributed by atoms with Crippen LogP contribution in [0.15, 0.2) is 53.7 Å². The average molecular weight is 508 g/mol. The van der Waals surface area contributed by atoms with Crippen LogP contribution in [-0.2, 0) is 4.79 Å². The lowest BCUT2D eigenvalue weighted by molar-refractivity contribution is -0.125. The SMILES string of the molecule is CC(C(=O)Nc1ccc(Oc2ncc(F)cc2Cl)cn1)N1CCC(F)(F)C(c2ccc(=O)[nH]c2)C1. The number of pyridine rings is 3. The van der Waals surface area contributed by atoms with E-state index in [2.05, 4.69) is 20.3 Å². The Labute approximate surface area is 203 Å². The van der Waals surface area contributed by atoms with Gasteiger partial charge in [0, 0.05) is 31.8 Å². The van der Waals surface area contributed by atoms with Crippen LogP contribution in [-0.4, -0.2) is 50.8 Å². The molecule has 2 unspecified atom stereocenters. The molecule has 0 bridgehead atoms. The molecule has 0 radical (unpaired) electrons. The highest BCUT2D eigenvalue weighted by Gasteiger charge is 2.46. The van der Waals surface area contributed by atoms with Gasteiger partial charge in [-0.15, -0.1) is 0 Å². The van der Waals surface area contributed by atoms with Gasteiger partial charge in [-0.1, -0.05) is 17.7 Å². The summed E-state index contributed by atoms with van der Waals surface area (Å²) in [6.07, 6.45) is 3.16. The molecule has 2 atom stereocenters. The van der Waals surface area contributed by atoms with E-state index >= 15 is 0 Å². The number of hydrogen-bond acceptors (Lipinski definition) is 6. The van der Waals surface area contributed by atoms with Gasteiger partial charge in [0.05, 0.1) is 24.4 Å². The summed E-state index contributed by atoms with van der Waals surface area (Å²) in [6, 6.07) is 5.95. The van der Waals surface area contributed by atoms with Gasteiger partial charge >= 0.3 is 0 Å². The van der Waals surface area contributed by atoms with E-state index < -0.39 is 36.0 Å². The van der Waals surface area contributed by atoms with Gasteiger partial charge in [0.2, 0.25) is 17.3 Å². The second kappa shape index (κ2) is 10.0. The summed E-state index contributed by atoms with van der Waals surface area (Å²) in [5.41, 5.74) is -0.0710. The lowest BCUT2D eigenvalue weighted by Gasteiger charge is -2.40. The first-order valence-electron chi connectivity index (χ1n) is 10.7. The lowest BCUT2D eigenvalue weighted by Crippen LogP contribution is -2.52. The number of aromatic amines is 1. The first-order chi connectivity index (χ1) is 16.6. The summed E-state index contributed by atoms with van der Waals surface area (Å²) in [7, 11) is 0. The molecule has 1 amide bonds. The van der Waals surface area contributed by atoms with Crippen molar-refractivity contribution in [3.05, 3.63) is 75.7 Å². The number of H-pyrrole nitrogens is 1. The van der Waals surface area contributed by atoms with E-state index in [0.717, 1.165) is 12.3 Å². The van der Waals surface area contributed by atoms with Crippen molar-refractivity contribution in [2.75, 3.05) is 18.4 Å². The van der Waals surface area contributed by atoms with E-state index in [0.29, 0.717) is 5.56 Å². The third kappa shape index (κ3) is 5.80. The number of amides is 1. The summed E-state index contributed by atoms with van der Waals surface area (Å²) in [6.45, 7) is 1.61. The predicted molar refractivity (Wildman–Crippen MR) is 123 cm³/mol. The number of piperidine rings is 1. The quantitative estimate of drug-likeness (QED) is 0.518. The molecule has 4 heterocycles. The van der Waals surface area contributed by atoms with Crippen LogP contribution in [0.5, 0.6) is 11.6 Å². The topological polar surface area (TPSA) is 100 Å². The van der Waals surface area contributed by atoms with Crippen LogP contribution < -0.4 is 15.6 Å². The molecule has 1 saturated heterocycles. The van der Waals surface area contributed by atoms with Crippen molar-refractivity contribution in [3.63, 3.8) is 0 Å². The van der Waals surface area contributed by atoms with Crippen LogP contribution in [0.1, 0.15) is 24.8 Å². The summed E-state index contributed by atoms with van der Waals surface area (Å²) in [5.74, 6) is -4.66. The summed E-state index contributed by atoms with van der Waals surface area (Å²) in [4.78, 5) is 36.1. The molecule has 1 aliphatic heterocycles. The number of carbonyl (C=O) groups excluding carboxylic acids is 1. The fourth-order valence-corrected chi connectivity index (χ4v) is 3.96. The van der Waals surface area contributed by atoms with Crippen molar-refractivity contribution < 1.29 is 22.7 Å².